The number of aromatic nitrogens is 1. The van der Waals surface area contributed by atoms with Gasteiger partial charge in [-0.05, 0) is 25.7 Å². The van der Waals surface area contributed by atoms with Gasteiger partial charge in [0.2, 0.25) is 0 Å². The van der Waals surface area contributed by atoms with Gasteiger partial charge in [0.25, 0.3) is 0 Å². The molecule has 94 valence electrons. The summed E-state index contributed by atoms with van der Waals surface area (Å²) in [7, 11) is 2.07. The van der Waals surface area contributed by atoms with Gasteiger partial charge in [-0.15, -0.1) is 11.3 Å². The number of hydrogen-bond acceptors (Lipinski definition) is 4. The Morgan fingerprint density at radius 3 is 2.59 bits per heavy atom. The smallest absolute Gasteiger partial charge is 0.186 e. The van der Waals surface area contributed by atoms with E-state index in [2.05, 4.69) is 37.7 Å². The van der Waals surface area contributed by atoms with Crippen LogP contribution in [-0.4, -0.2) is 23.9 Å². The van der Waals surface area contributed by atoms with Crippen LogP contribution in [0.3, 0.4) is 0 Å². The van der Waals surface area contributed by atoms with Crippen molar-refractivity contribution in [3.8, 4) is 0 Å². The molecule has 1 unspecified atom stereocenters. The van der Waals surface area contributed by atoms with Crippen LogP contribution in [0.4, 0.5) is 5.13 Å². The molecule has 0 saturated heterocycles. The Balaban J connectivity index is 2.26. The molecule has 3 nitrogen and oxygen atoms in total. The van der Waals surface area contributed by atoms with Crippen molar-refractivity contribution in [1.82, 2.24) is 4.98 Å². The Bertz CT molecular complexity index is 425. The second-order valence-corrected chi connectivity index (χ2v) is 6.20. The van der Waals surface area contributed by atoms with E-state index in [0.29, 0.717) is 18.4 Å². The topological polar surface area (TPSA) is 33.2 Å². The maximum absolute atomic E-state index is 11.8. The molecule has 1 atom stereocenters. The van der Waals surface area contributed by atoms with Gasteiger partial charge in [0, 0.05) is 24.4 Å². The van der Waals surface area contributed by atoms with Crippen molar-refractivity contribution in [2.45, 2.75) is 46.1 Å². The molecule has 1 aromatic rings. The SMILES string of the molecule is CC(C)C(C)N(C)c1nc2c(s1)CCCC2=O. The van der Waals surface area contributed by atoms with Crippen molar-refractivity contribution in [2.75, 3.05) is 11.9 Å². The van der Waals surface area contributed by atoms with Crippen LogP contribution in [0, 0.1) is 5.92 Å². The first kappa shape index (κ1) is 12.6. The highest BCUT2D eigenvalue weighted by atomic mass is 32.1. The Kier molecular flexibility index (Phi) is 3.52. The summed E-state index contributed by atoms with van der Waals surface area (Å²) >= 11 is 1.69. The highest BCUT2D eigenvalue weighted by Crippen LogP contribution is 2.32. The standard InChI is InChI=1S/C13H20N2OS/c1-8(2)9(3)15(4)13-14-12-10(16)6-5-7-11(12)17-13/h8-9H,5-7H2,1-4H3. The summed E-state index contributed by atoms with van der Waals surface area (Å²) in [6.45, 7) is 6.62. The normalized spacial score (nSPS) is 17.1. The Hall–Kier alpha value is -0.900. The van der Waals surface area contributed by atoms with E-state index in [1.807, 2.05) is 0 Å². The number of nitrogens with zero attached hydrogens (tertiary/aromatic N) is 2. The molecular formula is C13H20N2OS. The fourth-order valence-corrected chi connectivity index (χ4v) is 3.20. The molecule has 0 spiro atoms. The number of carbonyl (C=O) groups excluding carboxylic acids is 1. The van der Waals surface area contributed by atoms with Crippen LogP contribution < -0.4 is 4.90 Å². The number of thiazole rings is 1. The van der Waals surface area contributed by atoms with Gasteiger partial charge in [0.1, 0.15) is 5.69 Å². The van der Waals surface area contributed by atoms with Crippen molar-refractivity contribution in [2.24, 2.45) is 5.92 Å². The fraction of sp³-hybridized carbons (Fsp3) is 0.692. The largest absolute Gasteiger partial charge is 0.348 e. The van der Waals surface area contributed by atoms with Crippen molar-refractivity contribution in [3.63, 3.8) is 0 Å². The summed E-state index contributed by atoms with van der Waals surface area (Å²) in [5.74, 6) is 0.802. The van der Waals surface area contributed by atoms with Gasteiger partial charge in [0.05, 0.1) is 0 Å². The molecule has 0 N–H and O–H groups in total. The molecule has 0 aliphatic heterocycles. The third kappa shape index (κ3) is 2.37. The van der Waals surface area contributed by atoms with E-state index in [9.17, 15) is 4.79 Å². The summed E-state index contributed by atoms with van der Waals surface area (Å²) in [4.78, 5) is 19.7. The van der Waals surface area contributed by atoms with Gasteiger partial charge in [0.15, 0.2) is 10.9 Å². The molecule has 0 saturated carbocycles. The zero-order valence-electron chi connectivity index (χ0n) is 11.0. The summed E-state index contributed by atoms with van der Waals surface area (Å²) in [5.41, 5.74) is 0.735. The number of carbonyl (C=O) groups is 1. The highest BCUT2D eigenvalue weighted by molar-refractivity contribution is 7.16. The molecule has 1 aliphatic carbocycles. The number of hydrogen-bond donors (Lipinski definition) is 0. The van der Waals surface area contributed by atoms with Crippen LogP contribution >= 0.6 is 11.3 Å². The maximum atomic E-state index is 11.8. The zero-order chi connectivity index (χ0) is 12.6. The molecule has 1 aliphatic rings. The lowest BCUT2D eigenvalue weighted by Crippen LogP contribution is -2.33. The second-order valence-electron chi connectivity index (χ2n) is 5.14. The van der Waals surface area contributed by atoms with Gasteiger partial charge >= 0.3 is 0 Å². The van der Waals surface area contributed by atoms with Crippen LogP contribution in [0.15, 0.2) is 0 Å². The number of anilines is 1. The first-order valence-electron chi connectivity index (χ1n) is 6.26. The fourth-order valence-electron chi connectivity index (χ4n) is 2.03. The van der Waals surface area contributed by atoms with E-state index in [1.165, 1.54) is 4.88 Å². The molecule has 0 bridgehead atoms. The number of fused-ring (bicyclic) bond motifs is 1. The monoisotopic (exact) mass is 252 g/mol. The Labute approximate surface area is 107 Å². The molecule has 4 heteroatoms. The summed E-state index contributed by atoms with van der Waals surface area (Å²) in [6, 6.07) is 0.442. The molecule has 17 heavy (non-hydrogen) atoms. The average molecular weight is 252 g/mol. The van der Waals surface area contributed by atoms with Crippen molar-refractivity contribution >= 4 is 22.3 Å². The summed E-state index contributed by atoms with van der Waals surface area (Å²) in [5, 5.41) is 0.992. The lowest BCUT2D eigenvalue weighted by molar-refractivity contribution is 0.0968. The quantitative estimate of drug-likeness (QED) is 0.828. The van der Waals surface area contributed by atoms with E-state index in [0.717, 1.165) is 23.7 Å². The molecule has 0 radical (unpaired) electrons. The van der Waals surface area contributed by atoms with Crippen molar-refractivity contribution in [1.29, 1.82) is 0 Å². The number of rotatable bonds is 3. The van der Waals surface area contributed by atoms with E-state index in [4.69, 9.17) is 0 Å². The Morgan fingerprint density at radius 1 is 1.29 bits per heavy atom. The first-order valence-corrected chi connectivity index (χ1v) is 7.08. The minimum absolute atomic E-state index is 0.222. The number of aryl methyl sites for hydroxylation is 1. The Morgan fingerprint density at radius 2 is 2.00 bits per heavy atom. The van der Waals surface area contributed by atoms with Gasteiger partial charge < -0.3 is 4.90 Å². The van der Waals surface area contributed by atoms with Crippen LogP contribution in [0.5, 0.6) is 0 Å². The van der Waals surface area contributed by atoms with Crippen LogP contribution in [0.1, 0.15) is 49.0 Å². The van der Waals surface area contributed by atoms with Crippen molar-refractivity contribution in [3.05, 3.63) is 10.6 Å². The number of Topliss-reactive ketones (excluding diaryl/α,β-unsaturated/α-hetero) is 1. The molecular weight excluding hydrogens is 232 g/mol. The van der Waals surface area contributed by atoms with Gasteiger partial charge in [-0.2, -0.15) is 0 Å². The third-order valence-corrected chi connectivity index (χ3v) is 4.84. The highest BCUT2D eigenvalue weighted by Gasteiger charge is 2.25. The molecule has 0 aromatic carbocycles. The minimum atomic E-state index is 0.222. The van der Waals surface area contributed by atoms with Crippen LogP contribution in [0.2, 0.25) is 0 Å². The predicted octanol–water partition coefficient (Wildman–Crippen LogP) is 3.14. The molecule has 0 amide bonds. The summed E-state index contributed by atoms with van der Waals surface area (Å²) in [6.07, 6.45) is 2.67. The zero-order valence-corrected chi connectivity index (χ0v) is 11.8. The van der Waals surface area contributed by atoms with Gasteiger partial charge in [-0.3, -0.25) is 4.79 Å². The van der Waals surface area contributed by atoms with E-state index >= 15 is 0 Å². The lowest BCUT2D eigenvalue weighted by atomic mass is 10.0. The number of ketones is 1. The van der Waals surface area contributed by atoms with Crippen LogP contribution in [-0.2, 0) is 6.42 Å². The second kappa shape index (κ2) is 4.77. The molecule has 2 rings (SSSR count). The molecule has 1 aromatic heterocycles. The first-order chi connectivity index (χ1) is 8.00. The van der Waals surface area contributed by atoms with Crippen molar-refractivity contribution < 1.29 is 4.79 Å². The lowest BCUT2D eigenvalue weighted by Gasteiger charge is -2.27. The molecule has 0 fully saturated rings. The minimum Gasteiger partial charge on any atom is -0.348 e. The average Bonchev–Trinajstić information content (AvgIpc) is 2.72. The van der Waals surface area contributed by atoms with Gasteiger partial charge in [-0.1, -0.05) is 13.8 Å². The third-order valence-electron chi connectivity index (χ3n) is 3.64. The van der Waals surface area contributed by atoms with Crippen LogP contribution in [0.25, 0.3) is 0 Å². The van der Waals surface area contributed by atoms with E-state index < -0.39 is 0 Å². The van der Waals surface area contributed by atoms with E-state index in [-0.39, 0.29) is 5.78 Å². The van der Waals surface area contributed by atoms with E-state index in [1.54, 1.807) is 11.3 Å². The predicted molar refractivity (Wildman–Crippen MR) is 72.1 cm³/mol. The summed E-state index contributed by atoms with van der Waals surface area (Å²) < 4.78 is 0. The van der Waals surface area contributed by atoms with Gasteiger partial charge in [-0.25, -0.2) is 4.98 Å². The maximum Gasteiger partial charge on any atom is 0.186 e. The molecule has 1 heterocycles.